The second-order valence-corrected chi connectivity index (χ2v) is 5.38. The molecule has 1 aromatic rings. The summed E-state index contributed by atoms with van der Waals surface area (Å²) < 4.78 is 0. The summed E-state index contributed by atoms with van der Waals surface area (Å²) in [4.78, 5) is 16.8. The van der Waals surface area contributed by atoms with Crippen molar-refractivity contribution >= 4 is 27.8 Å². The number of carbonyl (C=O) groups is 1. The third kappa shape index (κ3) is 2.61. The van der Waals surface area contributed by atoms with Crippen LogP contribution in [0, 0.1) is 0 Å². The van der Waals surface area contributed by atoms with Crippen molar-refractivity contribution in [3.05, 3.63) is 10.9 Å². The van der Waals surface area contributed by atoms with Gasteiger partial charge in [0.2, 0.25) is 0 Å². The number of nitrogens with zero attached hydrogens (tertiary/aromatic N) is 2. The molecule has 0 aromatic carbocycles. The summed E-state index contributed by atoms with van der Waals surface area (Å²) >= 11 is 1.52. The van der Waals surface area contributed by atoms with Crippen molar-refractivity contribution in [3.8, 4) is 0 Å². The first kappa shape index (κ1) is 12.4. The smallest absolute Gasteiger partial charge is 0.171 e. The zero-order valence-corrected chi connectivity index (χ0v) is 11.2. The molecule has 0 radical (unpaired) electrons. The molecule has 17 heavy (non-hydrogen) atoms. The molecule has 1 aromatic heterocycles. The van der Waals surface area contributed by atoms with Crippen LogP contribution in [-0.4, -0.2) is 43.4 Å². The minimum Gasteiger partial charge on any atom is -0.397 e. The molecule has 0 amide bonds. The predicted molar refractivity (Wildman–Crippen MR) is 73.1 cm³/mol. The number of anilines is 2. The molecule has 0 atom stereocenters. The predicted octanol–water partition coefficient (Wildman–Crippen LogP) is 1.67. The first-order valence-electron chi connectivity index (χ1n) is 5.99. The van der Waals surface area contributed by atoms with Gasteiger partial charge in [-0.15, -0.1) is 11.3 Å². The second-order valence-electron chi connectivity index (χ2n) is 4.35. The van der Waals surface area contributed by atoms with E-state index in [1.54, 1.807) is 6.92 Å². The molecule has 0 unspecified atom stereocenters. The number of hydrogen-bond acceptors (Lipinski definition) is 5. The van der Waals surface area contributed by atoms with Crippen LogP contribution in [0.25, 0.3) is 0 Å². The van der Waals surface area contributed by atoms with E-state index in [-0.39, 0.29) is 5.78 Å². The molecular formula is C12H19N3OS. The molecule has 1 fully saturated rings. The molecular weight excluding hydrogens is 234 g/mol. The third-order valence-corrected chi connectivity index (χ3v) is 4.51. The Kier molecular flexibility index (Phi) is 3.69. The Labute approximate surface area is 106 Å². The number of rotatable bonds is 3. The number of nitrogen functional groups attached to an aromatic ring is 1. The number of nitrogens with two attached hydrogens (primary N) is 1. The Hall–Kier alpha value is -1.07. The number of hydrogen-bond donors (Lipinski definition) is 1. The zero-order valence-electron chi connectivity index (χ0n) is 10.4. The van der Waals surface area contributed by atoms with E-state index in [9.17, 15) is 4.79 Å². The maximum absolute atomic E-state index is 11.4. The normalized spacial score (nSPS) is 17.4. The molecule has 0 spiro atoms. The Morgan fingerprint density at radius 2 is 2.06 bits per heavy atom. The lowest BCUT2D eigenvalue weighted by Gasteiger charge is -2.34. The maximum Gasteiger partial charge on any atom is 0.171 e. The van der Waals surface area contributed by atoms with Crippen LogP contribution in [0.15, 0.2) is 6.07 Å². The summed E-state index contributed by atoms with van der Waals surface area (Å²) in [6.45, 7) is 9.08. The topological polar surface area (TPSA) is 49.6 Å². The molecule has 2 rings (SSSR count). The van der Waals surface area contributed by atoms with E-state index < -0.39 is 0 Å². The molecule has 5 heteroatoms. The van der Waals surface area contributed by atoms with Crippen LogP contribution < -0.4 is 10.6 Å². The molecule has 1 aliphatic heterocycles. The van der Waals surface area contributed by atoms with Gasteiger partial charge in [0.05, 0.1) is 15.6 Å². The molecule has 2 N–H and O–H groups in total. The monoisotopic (exact) mass is 253 g/mol. The number of Topliss-reactive ketones (excluding diaryl/α,β-unsaturated/α-hetero) is 1. The largest absolute Gasteiger partial charge is 0.397 e. The van der Waals surface area contributed by atoms with E-state index in [1.807, 2.05) is 6.07 Å². The van der Waals surface area contributed by atoms with Crippen LogP contribution >= 0.6 is 11.3 Å². The Bertz CT molecular complexity index is 408. The first-order valence-corrected chi connectivity index (χ1v) is 6.81. The van der Waals surface area contributed by atoms with Crippen LogP contribution in [0.3, 0.4) is 0 Å². The summed E-state index contributed by atoms with van der Waals surface area (Å²) in [6.07, 6.45) is 0. The van der Waals surface area contributed by atoms with Crippen molar-refractivity contribution in [3.63, 3.8) is 0 Å². The van der Waals surface area contributed by atoms with Crippen LogP contribution in [0.5, 0.6) is 0 Å². The Morgan fingerprint density at radius 3 is 2.53 bits per heavy atom. The molecule has 94 valence electrons. The summed E-state index contributed by atoms with van der Waals surface area (Å²) in [7, 11) is 0. The molecule has 1 aliphatic rings. The van der Waals surface area contributed by atoms with Crippen LogP contribution in [0.1, 0.15) is 23.5 Å². The van der Waals surface area contributed by atoms with Gasteiger partial charge in [-0.05, 0) is 12.6 Å². The number of ketones is 1. The minimum atomic E-state index is 0.0611. The fourth-order valence-corrected chi connectivity index (χ4v) is 3.13. The van der Waals surface area contributed by atoms with Gasteiger partial charge >= 0.3 is 0 Å². The fraction of sp³-hybridized carbons (Fsp3) is 0.583. The number of thiophene rings is 1. The van der Waals surface area contributed by atoms with Crippen molar-refractivity contribution in [1.29, 1.82) is 0 Å². The van der Waals surface area contributed by atoms with Gasteiger partial charge in [0.15, 0.2) is 5.78 Å². The van der Waals surface area contributed by atoms with Gasteiger partial charge in [0, 0.05) is 33.1 Å². The van der Waals surface area contributed by atoms with Crippen molar-refractivity contribution in [2.75, 3.05) is 43.4 Å². The van der Waals surface area contributed by atoms with Gasteiger partial charge in [0.25, 0.3) is 0 Å². The number of likely N-dealkylation sites (N-methyl/N-ethyl adjacent to an activating group) is 1. The fourth-order valence-electron chi connectivity index (χ4n) is 2.11. The van der Waals surface area contributed by atoms with Gasteiger partial charge in [0.1, 0.15) is 0 Å². The zero-order chi connectivity index (χ0) is 12.4. The molecule has 1 saturated heterocycles. The quantitative estimate of drug-likeness (QED) is 0.833. The summed E-state index contributed by atoms with van der Waals surface area (Å²) in [6, 6.07) is 1.93. The van der Waals surface area contributed by atoms with Gasteiger partial charge < -0.3 is 15.5 Å². The van der Waals surface area contributed by atoms with Crippen molar-refractivity contribution in [2.45, 2.75) is 13.8 Å². The highest BCUT2D eigenvalue weighted by atomic mass is 32.1. The second kappa shape index (κ2) is 5.06. The van der Waals surface area contributed by atoms with Crippen LogP contribution in [-0.2, 0) is 0 Å². The van der Waals surface area contributed by atoms with Crippen molar-refractivity contribution in [2.24, 2.45) is 0 Å². The third-order valence-electron chi connectivity index (χ3n) is 3.20. The first-order chi connectivity index (χ1) is 8.11. The summed E-state index contributed by atoms with van der Waals surface area (Å²) in [5.41, 5.74) is 6.48. The minimum absolute atomic E-state index is 0.0611. The lowest BCUT2D eigenvalue weighted by molar-refractivity contribution is 0.102. The SMILES string of the molecule is CCN1CCN(c2cc(N)c(C(C)=O)s2)CC1. The maximum atomic E-state index is 11.4. The van der Waals surface area contributed by atoms with Gasteiger partial charge in [-0.2, -0.15) is 0 Å². The van der Waals surface area contributed by atoms with Crippen LogP contribution in [0.2, 0.25) is 0 Å². The van der Waals surface area contributed by atoms with E-state index in [2.05, 4.69) is 16.7 Å². The average Bonchev–Trinajstić information content (AvgIpc) is 2.71. The van der Waals surface area contributed by atoms with E-state index in [1.165, 1.54) is 11.3 Å². The lowest BCUT2D eigenvalue weighted by Crippen LogP contribution is -2.45. The number of piperazine rings is 1. The molecule has 0 aliphatic carbocycles. The Balaban J connectivity index is 2.08. The van der Waals surface area contributed by atoms with Gasteiger partial charge in [-0.1, -0.05) is 6.92 Å². The van der Waals surface area contributed by atoms with Gasteiger partial charge in [-0.3, -0.25) is 4.79 Å². The molecule has 0 bridgehead atoms. The standard InChI is InChI=1S/C12H19N3OS/c1-3-14-4-6-15(7-5-14)11-8-10(13)12(17-11)9(2)16/h8H,3-7,13H2,1-2H3. The lowest BCUT2D eigenvalue weighted by atomic mass is 10.3. The molecule has 0 saturated carbocycles. The highest BCUT2D eigenvalue weighted by molar-refractivity contribution is 7.18. The van der Waals surface area contributed by atoms with E-state index in [0.717, 1.165) is 37.7 Å². The average molecular weight is 253 g/mol. The van der Waals surface area contributed by atoms with E-state index >= 15 is 0 Å². The molecule has 2 heterocycles. The van der Waals surface area contributed by atoms with Crippen molar-refractivity contribution < 1.29 is 4.79 Å². The highest BCUT2D eigenvalue weighted by Gasteiger charge is 2.19. The van der Waals surface area contributed by atoms with Gasteiger partial charge in [-0.25, -0.2) is 0 Å². The summed E-state index contributed by atoms with van der Waals surface area (Å²) in [5, 5.41) is 1.13. The summed E-state index contributed by atoms with van der Waals surface area (Å²) in [5.74, 6) is 0.0611. The number of carbonyl (C=O) groups excluding carboxylic acids is 1. The molecule has 4 nitrogen and oxygen atoms in total. The Morgan fingerprint density at radius 1 is 1.41 bits per heavy atom. The highest BCUT2D eigenvalue weighted by Crippen LogP contribution is 2.32. The van der Waals surface area contributed by atoms with E-state index in [4.69, 9.17) is 5.73 Å². The van der Waals surface area contributed by atoms with E-state index in [0.29, 0.717) is 10.6 Å². The van der Waals surface area contributed by atoms with Crippen molar-refractivity contribution in [1.82, 2.24) is 4.90 Å². The van der Waals surface area contributed by atoms with Crippen LogP contribution in [0.4, 0.5) is 10.7 Å².